The van der Waals surface area contributed by atoms with Crippen LogP contribution < -0.4 is 11.0 Å². The van der Waals surface area contributed by atoms with Crippen LogP contribution in [-0.4, -0.2) is 40.4 Å². The largest absolute Gasteiger partial charge is 0.499 e. The average Bonchev–Trinajstić information content (AvgIpc) is 2.74. The Hall–Kier alpha value is -0.900. The van der Waals surface area contributed by atoms with Gasteiger partial charge in [-0.25, -0.2) is 5.53 Å². The third-order valence-corrected chi connectivity index (χ3v) is 2.50. The number of nitrogens with one attached hydrogen (secondary N) is 2. The number of hydrogen-bond donors (Lipinski definition) is 2. The predicted octanol–water partition coefficient (Wildman–Crippen LogP) is 1.66. The van der Waals surface area contributed by atoms with Gasteiger partial charge in [0.1, 0.15) is 5.76 Å². The molecule has 0 atom stereocenters. The molecule has 6 nitrogen and oxygen atoms in total. The number of carbonyl (C=O) groups excluding carboxylic acids is 1. The van der Waals surface area contributed by atoms with E-state index in [1.165, 1.54) is 7.11 Å². The Kier molecular flexibility index (Phi) is 5.36. The van der Waals surface area contributed by atoms with Crippen molar-refractivity contribution in [3.8, 4) is 0 Å². The smallest absolute Gasteiger partial charge is 0.452 e. The Morgan fingerprint density at radius 2 is 2.05 bits per heavy atom. The van der Waals surface area contributed by atoms with E-state index in [2.05, 4.69) is 5.10 Å². The first-order valence-electron chi connectivity index (χ1n) is 4.84. The van der Waals surface area contributed by atoms with Gasteiger partial charge in [-0.1, -0.05) is 34.8 Å². The Labute approximate surface area is 126 Å². The van der Waals surface area contributed by atoms with Gasteiger partial charge in [0.05, 0.1) is 13.7 Å². The molecule has 12 heteroatoms. The van der Waals surface area contributed by atoms with Gasteiger partial charge in [0, 0.05) is 6.08 Å². The quantitative estimate of drug-likeness (QED) is 0.456. The summed E-state index contributed by atoms with van der Waals surface area (Å²) in [5, 5.41) is 3.85. The van der Waals surface area contributed by atoms with E-state index in [1.54, 1.807) is 0 Å². The lowest BCUT2D eigenvalue weighted by Crippen LogP contribution is -2.46. The summed E-state index contributed by atoms with van der Waals surface area (Å²) in [5.41, 5.74) is 3.97. The SMILES string of the molecule is CO/C(=C/C(=O)C(Cl)(Cl)Cl)CN1NN=C(C(F)(F)F)N1. The molecule has 1 rings (SSSR count). The van der Waals surface area contributed by atoms with Crippen LogP contribution in [0.4, 0.5) is 13.2 Å². The number of carbonyl (C=O) groups is 1. The van der Waals surface area contributed by atoms with Crippen LogP contribution in [0, 0.1) is 0 Å². The Balaban J connectivity index is 2.65. The van der Waals surface area contributed by atoms with Crippen LogP contribution in [0.25, 0.3) is 0 Å². The molecule has 0 aromatic heterocycles. The molecular weight excluding hydrogens is 347 g/mol. The van der Waals surface area contributed by atoms with E-state index >= 15 is 0 Å². The fourth-order valence-corrected chi connectivity index (χ4v) is 1.21. The van der Waals surface area contributed by atoms with Gasteiger partial charge in [-0.15, -0.1) is 10.2 Å². The maximum Gasteiger partial charge on any atom is 0.452 e. The highest BCUT2D eigenvalue weighted by molar-refractivity contribution is 6.77. The van der Waals surface area contributed by atoms with Crippen molar-refractivity contribution in [2.45, 2.75) is 9.97 Å². The first-order chi connectivity index (χ1) is 9.04. The van der Waals surface area contributed by atoms with E-state index in [-0.39, 0.29) is 12.3 Å². The van der Waals surface area contributed by atoms with Crippen LogP contribution in [0.2, 0.25) is 0 Å². The maximum absolute atomic E-state index is 12.3. The van der Waals surface area contributed by atoms with Gasteiger partial charge in [0.25, 0.3) is 3.79 Å². The zero-order chi connectivity index (χ0) is 15.6. The maximum atomic E-state index is 12.3. The highest BCUT2D eigenvalue weighted by Crippen LogP contribution is 2.28. The molecule has 0 radical (unpaired) electrons. The molecule has 0 aromatic carbocycles. The molecule has 1 aliphatic heterocycles. The molecule has 0 aliphatic carbocycles. The van der Waals surface area contributed by atoms with Gasteiger partial charge in [-0.3, -0.25) is 10.2 Å². The van der Waals surface area contributed by atoms with Crippen molar-refractivity contribution in [2.75, 3.05) is 13.7 Å². The topological polar surface area (TPSA) is 66.0 Å². The van der Waals surface area contributed by atoms with Crippen molar-refractivity contribution >= 4 is 46.4 Å². The molecule has 20 heavy (non-hydrogen) atoms. The van der Waals surface area contributed by atoms with Gasteiger partial charge in [-0.05, 0) is 0 Å². The summed E-state index contributed by atoms with van der Waals surface area (Å²) in [7, 11) is 1.21. The zero-order valence-corrected chi connectivity index (χ0v) is 12.0. The number of ketones is 1. The summed E-state index contributed by atoms with van der Waals surface area (Å²) in [6, 6.07) is 0. The third-order valence-electron chi connectivity index (χ3n) is 1.94. The van der Waals surface area contributed by atoms with Gasteiger partial charge in [-0.2, -0.15) is 13.2 Å². The minimum atomic E-state index is -4.63. The Morgan fingerprint density at radius 1 is 1.45 bits per heavy atom. The average molecular weight is 356 g/mol. The number of methoxy groups -OCH3 is 1. The van der Waals surface area contributed by atoms with Gasteiger partial charge >= 0.3 is 6.18 Å². The number of hydrogen-bond acceptors (Lipinski definition) is 6. The lowest BCUT2D eigenvalue weighted by molar-refractivity contribution is -0.114. The van der Waals surface area contributed by atoms with Crippen LogP contribution in [0.15, 0.2) is 16.9 Å². The van der Waals surface area contributed by atoms with E-state index in [4.69, 9.17) is 39.5 Å². The Bertz CT molecular complexity index is 447. The number of alkyl halides is 6. The molecule has 0 amide bonds. The summed E-state index contributed by atoms with van der Waals surface area (Å²) >= 11 is 16.0. The summed E-state index contributed by atoms with van der Waals surface area (Å²) in [4.78, 5) is 11.4. The highest BCUT2D eigenvalue weighted by atomic mass is 35.6. The molecule has 0 spiro atoms. The van der Waals surface area contributed by atoms with E-state index in [9.17, 15) is 18.0 Å². The summed E-state index contributed by atoms with van der Waals surface area (Å²) in [5.74, 6) is -2.17. The number of hydrazine groups is 2. The van der Waals surface area contributed by atoms with E-state index in [0.717, 1.165) is 11.2 Å². The van der Waals surface area contributed by atoms with Crippen molar-refractivity contribution in [1.82, 2.24) is 16.1 Å². The second kappa shape index (κ2) is 6.25. The van der Waals surface area contributed by atoms with Gasteiger partial charge in [0.2, 0.25) is 11.6 Å². The number of nitrogens with zero attached hydrogens (tertiary/aromatic N) is 2. The lowest BCUT2D eigenvalue weighted by Gasteiger charge is -2.17. The van der Waals surface area contributed by atoms with Crippen molar-refractivity contribution in [2.24, 2.45) is 5.10 Å². The fraction of sp³-hybridized carbons (Fsp3) is 0.500. The standard InChI is InChI=1S/C8H8Cl3F3N4O2/c1-20-4(2-5(19)7(9,10)11)3-18-16-6(15-17-18)8(12,13)14/h2,17H,3H2,1H3,(H,15,16)/b4-2+. The second-order valence-electron chi connectivity index (χ2n) is 3.43. The zero-order valence-electron chi connectivity index (χ0n) is 9.76. The molecule has 1 aliphatic rings. The van der Waals surface area contributed by atoms with Crippen LogP contribution in [0.3, 0.4) is 0 Å². The summed E-state index contributed by atoms with van der Waals surface area (Å²) in [6.07, 6.45) is -3.77. The highest BCUT2D eigenvalue weighted by Gasteiger charge is 2.40. The molecule has 2 N–H and O–H groups in total. The van der Waals surface area contributed by atoms with Gasteiger partial charge < -0.3 is 4.74 Å². The summed E-state index contributed by atoms with van der Waals surface area (Å²) < 4.78 is 39.6. The molecule has 1 heterocycles. The van der Waals surface area contributed by atoms with Crippen LogP contribution in [0.5, 0.6) is 0 Å². The van der Waals surface area contributed by atoms with Crippen LogP contribution in [0.1, 0.15) is 0 Å². The molecule has 114 valence electrons. The molecule has 0 saturated carbocycles. The number of hydrazone groups is 1. The molecule has 0 fully saturated rings. The van der Waals surface area contributed by atoms with E-state index < -0.39 is 21.6 Å². The molecular formula is C8H8Cl3F3N4O2. The van der Waals surface area contributed by atoms with Crippen LogP contribution >= 0.6 is 34.8 Å². The number of allylic oxidation sites excluding steroid dienone is 1. The van der Waals surface area contributed by atoms with Crippen molar-refractivity contribution in [3.63, 3.8) is 0 Å². The minimum absolute atomic E-state index is 0.0417. The first-order valence-corrected chi connectivity index (χ1v) is 5.98. The van der Waals surface area contributed by atoms with Gasteiger partial charge in [0.15, 0.2) is 0 Å². The number of rotatable bonds is 4. The van der Waals surface area contributed by atoms with E-state index in [1.807, 2.05) is 11.0 Å². The minimum Gasteiger partial charge on any atom is -0.499 e. The lowest BCUT2D eigenvalue weighted by atomic mass is 10.3. The Morgan fingerprint density at radius 3 is 2.45 bits per heavy atom. The van der Waals surface area contributed by atoms with Crippen LogP contribution in [-0.2, 0) is 9.53 Å². The third kappa shape index (κ3) is 4.89. The monoisotopic (exact) mass is 354 g/mol. The number of ether oxygens (including phenoxy) is 1. The molecule has 0 bridgehead atoms. The molecule has 0 aromatic rings. The molecule has 0 saturated heterocycles. The van der Waals surface area contributed by atoms with E-state index in [0.29, 0.717) is 0 Å². The second-order valence-corrected chi connectivity index (χ2v) is 5.71. The summed E-state index contributed by atoms with van der Waals surface area (Å²) in [6.45, 7) is -0.272. The molecule has 0 unspecified atom stereocenters. The van der Waals surface area contributed by atoms with Crippen molar-refractivity contribution < 1.29 is 22.7 Å². The number of halogens is 6. The normalized spacial score (nSPS) is 17.4. The van der Waals surface area contributed by atoms with Crippen molar-refractivity contribution in [3.05, 3.63) is 11.8 Å². The fourth-order valence-electron chi connectivity index (χ4n) is 1.04. The van der Waals surface area contributed by atoms with Crippen molar-refractivity contribution in [1.29, 1.82) is 0 Å². The number of amidine groups is 1. The predicted molar refractivity (Wildman–Crippen MR) is 66.9 cm³/mol. The first kappa shape index (κ1) is 17.2.